The second kappa shape index (κ2) is 8.61. The zero-order valence-corrected chi connectivity index (χ0v) is 16.3. The first-order valence-electron chi connectivity index (χ1n) is 8.09. The molecule has 3 rings (SSSR count). The molecular formula is C16H21F3IN3O3. The molecule has 1 atom stereocenters. The van der Waals surface area contributed by atoms with Crippen LogP contribution in [-0.2, 0) is 9.47 Å². The largest absolute Gasteiger partial charge is 0.573 e. The third-order valence-electron chi connectivity index (χ3n) is 4.12. The van der Waals surface area contributed by atoms with Crippen LogP contribution in [0.25, 0.3) is 0 Å². The van der Waals surface area contributed by atoms with E-state index in [1.807, 2.05) is 0 Å². The van der Waals surface area contributed by atoms with Crippen molar-refractivity contribution in [3.05, 3.63) is 24.3 Å². The minimum Gasteiger partial charge on any atom is -0.404 e. The van der Waals surface area contributed by atoms with Gasteiger partial charge in [0.25, 0.3) is 0 Å². The number of halogens is 4. The lowest BCUT2D eigenvalue weighted by molar-refractivity contribution is -0.274. The van der Waals surface area contributed by atoms with Gasteiger partial charge in [0.2, 0.25) is 0 Å². The summed E-state index contributed by atoms with van der Waals surface area (Å²) in [5.41, 5.74) is 5.85. The van der Waals surface area contributed by atoms with Gasteiger partial charge in [-0.1, -0.05) is 12.1 Å². The maximum absolute atomic E-state index is 12.4. The molecular weight excluding hydrogens is 466 g/mol. The molecule has 0 bridgehead atoms. The molecule has 1 heterocycles. The summed E-state index contributed by atoms with van der Waals surface area (Å²) in [5.74, 6) is -0.872. The van der Waals surface area contributed by atoms with Crippen molar-refractivity contribution >= 4 is 35.6 Å². The number of hydrogen-bond acceptors (Lipinski definition) is 4. The summed E-state index contributed by atoms with van der Waals surface area (Å²) >= 11 is 0. The van der Waals surface area contributed by atoms with Gasteiger partial charge < -0.3 is 25.3 Å². The van der Waals surface area contributed by atoms with E-state index in [1.54, 1.807) is 6.07 Å². The minimum atomic E-state index is -4.78. The molecule has 1 aromatic carbocycles. The summed E-state index contributed by atoms with van der Waals surface area (Å²) in [6.45, 7) is 0.702. The van der Waals surface area contributed by atoms with Crippen LogP contribution in [0.1, 0.15) is 25.7 Å². The van der Waals surface area contributed by atoms with E-state index in [1.165, 1.54) is 18.2 Å². The topological polar surface area (TPSA) is 78.1 Å². The highest BCUT2D eigenvalue weighted by atomic mass is 127. The number of alkyl halides is 3. The molecule has 3 N–H and O–H groups in total. The lowest BCUT2D eigenvalue weighted by atomic mass is 10.2. The van der Waals surface area contributed by atoms with Gasteiger partial charge in [0.1, 0.15) is 6.10 Å². The number of ether oxygens (including phenoxy) is 3. The number of hydrogen-bond donors (Lipinski definition) is 2. The standard InChI is InChI=1S/C16H20F3N3O3.HI/c17-16(18,19)25-13-6-2-1-5-12(13)22-14(20)21-9-11-10-23-15(24-11)7-3-4-8-15;/h1-2,5-6,11H,3-4,7-10H2,(H3,20,21,22);1H. The summed E-state index contributed by atoms with van der Waals surface area (Å²) in [4.78, 5) is 4.14. The average Bonchev–Trinajstić information content (AvgIpc) is 3.16. The van der Waals surface area contributed by atoms with Gasteiger partial charge in [-0.25, -0.2) is 0 Å². The summed E-state index contributed by atoms with van der Waals surface area (Å²) in [6.07, 6.45) is -1.08. The third kappa shape index (κ3) is 5.61. The molecule has 1 saturated heterocycles. The summed E-state index contributed by atoms with van der Waals surface area (Å²) in [6, 6.07) is 5.62. The molecule has 0 radical (unpaired) electrons. The fraction of sp³-hybridized carbons (Fsp3) is 0.562. The number of benzene rings is 1. The number of nitrogens with two attached hydrogens (primary N) is 1. The van der Waals surface area contributed by atoms with Crippen molar-refractivity contribution in [1.29, 1.82) is 0 Å². The van der Waals surface area contributed by atoms with Crippen LogP contribution in [0.4, 0.5) is 18.9 Å². The van der Waals surface area contributed by atoms with Gasteiger partial charge in [0.15, 0.2) is 17.5 Å². The number of nitrogens with one attached hydrogen (secondary N) is 1. The fourth-order valence-corrected chi connectivity index (χ4v) is 3.04. The lowest BCUT2D eigenvalue weighted by Gasteiger charge is -2.21. The first kappa shape index (κ1) is 21.0. The molecule has 1 aliphatic carbocycles. The minimum absolute atomic E-state index is 0. The second-order valence-corrected chi connectivity index (χ2v) is 6.06. The van der Waals surface area contributed by atoms with E-state index in [9.17, 15) is 13.2 Å². The Balaban J connectivity index is 0.00000243. The Morgan fingerprint density at radius 1 is 1.31 bits per heavy atom. The number of rotatable bonds is 4. The van der Waals surface area contributed by atoms with Crippen molar-refractivity contribution in [3.8, 4) is 5.75 Å². The smallest absolute Gasteiger partial charge is 0.404 e. The molecule has 10 heteroatoms. The molecule has 0 amide bonds. The Hall–Kier alpha value is -1.27. The van der Waals surface area contributed by atoms with Gasteiger partial charge in [-0.15, -0.1) is 37.1 Å². The Morgan fingerprint density at radius 3 is 2.69 bits per heavy atom. The summed E-state index contributed by atoms with van der Waals surface area (Å²) < 4.78 is 52.9. The molecule has 146 valence electrons. The van der Waals surface area contributed by atoms with Crippen LogP contribution in [0.5, 0.6) is 5.75 Å². The monoisotopic (exact) mass is 487 g/mol. The number of aliphatic imine (C=N–C) groups is 1. The zero-order valence-electron chi connectivity index (χ0n) is 13.9. The maximum Gasteiger partial charge on any atom is 0.573 e. The van der Waals surface area contributed by atoms with E-state index in [-0.39, 0.29) is 54.0 Å². The third-order valence-corrected chi connectivity index (χ3v) is 4.12. The van der Waals surface area contributed by atoms with Gasteiger partial charge >= 0.3 is 6.36 Å². The van der Waals surface area contributed by atoms with E-state index in [4.69, 9.17) is 15.2 Å². The molecule has 2 aliphatic rings. The highest BCUT2D eigenvalue weighted by Crippen LogP contribution is 2.39. The normalized spacial score (nSPS) is 22.3. The van der Waals surface area contributed by atoms with E-state index in [0.717, 1.165) is 25.7 Å². The van der Waals surface area contributed by atoms with E-state index >= 15 is 0 Å². The molecule has 1 saturated carbocycles. The van der Waals surface area contributed by atoms with Crippen LogP contribution >= 0.6 is 24.0 Å². The van der Waals surface area contributed by atoms with Crippen molar-refractivity contribution < 1.29 is 27.4 Å². The zero-order chi connectivity index (χ0) is 17.9. The molecule has 1 aliphatic heterocycles. The fourth-order valence-electron chi connectivity index (χ4n) is 3.04. The van der Waals surface area contributed by atoms with E-state index in [0.29, 0.717) is 6.61 Å². The van der Waals surface area contributed by atoms with E-state index in [2.05, 4.69) is 15.0 Å². The SMILES string of the molecule is I.NC(=NCC1COC2(CCCC2)O1)Nc1ccccc1OC(F)(F)F. The van der Waals surface area contributed by atoms with Crippen LogP contribution in [0.2, 0.25) is 0 Å². The van der Waals surface area contributed by atoms with Crippen LogP contribution in [0.3, 0.4) is 0 Å². The van der Waals surface area contributed by atoms with Crippen LogP contribution < -0.4 is 15.8 Å². The molecule has 6 nitrogen and oxygen atoms in total. The number of nitrogens with zero attached hydrogens (tertiary/aromatic N) is 1. The Morgan fingerprint density at radius 2 is 2.00 bits per heavy atom. The van der Waals surface area contributed by atoms with Gasteiger partial charge in [-0.05, 0) is 25.0 Å². The van der Waals surface area contributed by atoms with Crippen LogP contribution in [0, 0.1) is 0 Å². The Labute approximate surface area is 166 Å². The number of para-hydroxylation sites is 2. The van der Waals surface area contributed by atoms with Gasteiger partial charge in [-0.2, -0.15) is 0 Å². The number of guanidine groups is 1. The highest BCUT2D eigenvalue weighted by Gasteiger charge is 2.43. The summed E-state index contributed by atoms with van der Waals surface area (Å²) in [7, 11) is 0. The quantitative estimate of drug-likeness (QED) is 0.386. The molecule has 1 aromatic rings. The Bertz CT molecular complexity index is 637. The second-order valence-electron chi connectivity index (χ2n) is 6.06. The van der Waals surface area contributed by atoms with Crippen molar-refractivity contribution in [2.75, 3.05) is 18.5 Å². The number of anilines is 1. The lowest BCUT2D eigenvalue weighted by Crippen LogP contribution is -2.29. The Kier molecular flexibility index (Phi) is 6.97. The maximum atomic E-state index is 12.4. The molecule has 0 aromatic heterocycles. The summed E-state index contributed by atoms with van der Waals surface area (Å²) in [5, 5.41) is 2.62. The van der Waals surface area contributed by atoms with Crippen molar-refractivity contribution in [1.82, 2.24) is 0 Å². The average molecular weight is 487 g/mol. The van der Waals surface area contributed by atoms with Crippen molar-refractivity contribution in [2.45, 2.75) is 43.9 Å². The molecule has 2 fully saturated rings. The van der Waals surface area contributed by atoms with Gasteiger partial charge in [0, 0.05) is 12.8 Å². The molecule has 1 unspecified atom stereocenters. The predicted octanol–water partition coefficient (Wildman–Crippen LogP) is 3.62. The van der Waals surface area contributed by atoms with Crippen molar-refractivity contribution in [2.24, 2.45) is 10.7 Å². The predicted molar refractivity (Wildman–Crippen MR) is 101 cm³/mol. The van der Waals surface area contributed by atoms with E-state index < -0.39 is 12.1 Å². The molecule has 26 heavy (non-hydrogen) atoms. The first-order valence-corrected chi connectivity index (χ1v) is 8.09. The van der Waals surface area contributed by atoms with Gasteiger partial charge in [-0.3, -0.25) is 4.99 Å². The van der Waals surface area contributed by atoms with Crippen LogP contribution in [-0.4, -0.2) is 37.4 Å². The highest BCUT2D eigenvalue weighted by molar-refractivity contribution is 14.0. The van der Waals surface area contributed by atoms with Crippen LogP contribution in [0.15, 0.2) is 29.3 Å². The molecule has 1 spiro atoms. The van der Waals surface area contributed by atoms with Gasteiger partial charge in [0.05, 0.1) is 18.8 Å². The van der Waals surface area contributed by atoms with Crippen molar-refractivity contribution in [3.63, 3.8) is 0 Å². The first-order chi connectivity index (χ1) is 11.9.